The molecule has 0 spiro atoms. The molecular formula is C24H26Cl2FN3O3. The van der Waals surface area contributed by atoms with Crippen LogP contribution in [0.15, 0.2) is 36.4 Å². The summed E-state index contributed by atoms with van der Waals surface area (Å²) in [5, 5.41) is 21.3. The highest BCUT2D eigenvalue weighted by atomic mass is 35.5. The lowest BCUT2D eigenvalue weighted by Crippen LogP contribution is -2.60. The Morgan fingerprint density at radius 2 is 1.91 bits per heavy atom. The van der Waals surface area contributed by atoms with E-state index in [2.05, 4.69) is 4.90 Å². The average molecular weight is 494 g/mol. The number of benzene rings is 2. The molecule has 176 valence electrons. The molecule has 0 unspecified atom stereocenters. The molecule has 2 aromatic carbocycles. The molecule has 0 aliphatic carbocycles. The molecule has 0 radical (unpaired) electrons. The monoisotopic (exact) mass is 493 g/mol. The predicted octanol–water partition coefficient (Wildman–Crippen LogP) is 3.12. The van der Waals surface area contributed by atoms with Crippen LogP contribution in [0.5, 0.6) is 0 Å². The third kappa shape index (κ3) is 4.21. The Morgan fingerprint density at radius 3 is 2.64 bits per heavy atom. The zero-order chi connectivity index (χ0) is 23.3. The summed E-state index contributed by atoms with van der Waals surface area (Å²) in [5.74, 6) is -0.605. The molecule has 0 bridgehead atoms. The lowest BCUT2D eigenvalue weighted by Gasteiger charge is -2.49. The van der Waals surface area contributed by atoms with Gasteiger partial charge in [0.05, 0.1) is 27.4 Å². The van der Waals surface area contributed by atoms with Gasteiger partial charge in [0, 0.05) is 45.3 Å². The molecule has 9 heteroatoms. The fraction of sp³-hybridized carbons (Fsp3) is 0.458. The standard InChI is InChI=1S/C24H26Cl2FN3O3/c25-19-10-15(4-5-20(19)27)24(33)7-6-16-11-28(8-9-29(16)14-24)23(32)18-2-1-3-21(22(18)26)30-12-17(31)13-30/h1-5,10,16-17,31,33H,6-9,11-14H2/t16-,24-/m1/s1. The van der Waals surface area contributed by atoms with Crippen molar-refractivity contribution in [3.05, 3.63) is 63.4 Å². The summed E-state index contributed by atoms with van der Waals surface area (Å²) in [4.78, 5) is 19.3. The molecule has 3 fully saturated rings. The summed E-state index contributed by atoms with van der Waals surface area (Å²) in [6.07, 6.45) is 0.852. The topological polar surface area (TPSA) is 67.3 Å². The normalized spacial score (nSPS) is 26.2. The maximum absolute atomic E-state index is 13.6. The molecule has 0 aromatic heterocycles. The predicted molar refractivity (Wildman–Crippen MR) is 125 cm³/mol. The van der Waals surface area contributed by atoms with Crippen LogP contribution in [-0.4, -0.2) is 77.3 Å². The number of carbonyl (C=O) groups excluding carboxylic acids is 1. The maximum Gasteiger partial charge on any atom is 0.255 e. The highest BCUT2D eigenvalue weighted by Crippen LogP contribution is 2.38. The van der Waals surface area contributed by atoms with Gasteiger partial charge in [-0.05, 0) is 42.7 Å². The van der Waals surface area contributed by atoms with Gasteiger partial charge in [0.25, 0.3) is 5.91 Å². The number of fused-ring (bicyclic) bond motifs is 1. The number of nitrogens with zero attached hydrogens (tertiary/aromatic N) is 3. The molecule has 2 aromatic rings. The third-order valence-electron chi connectivity index (χ3n) is 7.12. The van der Waals surface area contributed by atoms with Crippen molar-refractivity contribution in [2.24, 2.45) is 0 Å². The molecule has 3 heterocycles. The van der Waals surface area contributed by atoms with Crippen LogP contribution in [0.2, 0.25) is 10.0 Å². The minimum absolute atomic E-state index is 0.00492. The fourth-order valence-electron chi connectivity index (χ4n) is 5.15. The Hall–Kier alpha value is -1.90. The van der Waals surface area contributed by atoms with Crippen LogP contribution in [0.4, 0.5) is 10.1 Å². The average Bonchev–Trinajstić information content (AvgIpc) is 2.78. The summed E-state index contributed by atoms with van der Waals surface area (Å²) in [6.45, 7) is 3.15. The molecule has 2 atom stereocenters. The Morgan fingerprint density at radius 1 is 1.12 bits per heavy atom. The van der Waals surface area contributed by atoms with Crippen molar-refractivity contribution in [2.45, 2.75) is 30.6 Å². The third-order valence-corrected chi connectivity index (χ3v) is 7.80. The van der Waals surface area contributed by atoms with Crippen LogP contribution in [0.25, 0.3) is 0 Å². The summed E-state index contributed by atoms with van der Waals surface area (Å²) in [7, 11) is 0. The quantitative estimate of drug-likeness (QED) is 0.687. The number of β-amino-alcohol motifs (C(OH)–C–C–N with tert-alkyl or cyclic N) is 1. The second-order valence-corrected chi connectivity index (χ2v) is 10.1. The van der Waals surface area contributed by atoms with Gasteiger partial charge in [-0.25, -0.2) is 4.39 Å². The number of hydrogen-bond acceptors (Lipinski definition) is 5. The molecule has 2 N–H and O–H groups in total. The van der Waals surface area contributed by atoms with Gasteiger partial charge in [-0.15, -0.1) is 0 Å². The number of aliphatic hydroxyl groups excluding tert-OH is 1. The van der Waals surface area contributed by atoms with E-state index in [9.17, 15) is 19.4 Å². The smallest absolute Gasteiger partial charge is 0.255 e. The molecule has 3 aliphatic rings. The second kappa shape index (κ2) is 8.71. The summed E-state index contributed by atoms with van der Waals surface area (Å²) in [5.41, 5.74) is 0.759. The molecule has 3 aliphatic heterocycles. The zero-order valence-corrected chi connectivity index (χ0v) is 19.6. The van der Waals surface area contributed by atoms with Gasteiger partial charge in [-0.2, -0.15) is 0 Å². The molecule has 1 amide bonds. The molecular weight excluding hydrogens is 468 g/mol. The van der Waals surface area contributed by atoms with Gasteiger partial charge >= 0.3 is 0 Å². The Kier molecular flexibility index (Phi) is 6.04. The number of hydrogen-bond donors (Lipinski definition) is 2. The Bertz CT molecular complexity index is 1080. The van der Waals surface area contributed by atoms with Gasteiger partial charge in [0.2, 0.25) is 0 Å². The second-order valence-electron chi connectivity index (χ2n) is 9.27. The van der Waals surface area contributed by atoms with Gasteiger partial charge < -0.3 is 20.0 Å². The first kappa shape index (κ1) is 22.9. The number of piperazine rings is 1. The van der Waals surface area contributed by atoms with Gasteiger partial charge in [-0.1, -0.05) is 35.3 Å². The van der Waals surface area contributed by atoms with Crippen LogP contribution in [0.3, 0.4) is 0 Å². The van der Waals surface area contributed by atoms with Crippen molar-refractivity contribution in [1.82, 2.24) is 9.80 Å². The summed E-state index contributed by atoms with van der Waals surface area (Å²) in [6, 6.07) is 9.95. The van der Waals surface area contributed by atoms with E-state index >= 15 is 0 Å². The van der Waals surface area contributed by atoms with Crippen molar-refractivity contribution in [3.8, 4) is 0 Å². The number of halogens is 3. The number of carbonyl (C=O) groups is 1. The van der Waals surface area contributed by atoms with Crippen LogP contribution in [0.1, 0.15) is 28.8 Å². The molecule has 5 rings (SSSR count). The van der Waals surface area contributed by atoms with Crippen LogP contribution >= 0.6 is 23.2 Å². The highest BCUT2D eigenvalue weighted by Gasteiger charge is 2.42. The first-order chi connectivity index (χ1) is 15.7. The molecule has 6 nitrogen and oxygen atoms in total. The molecule has 0 saturated carbocycles. The van der Waals surface area contributed by atoms with Gasteiger partial charge in [0.1, 0.15) is 11.4 Å². The van der Waals surface area contributed by atoms with Crippen LogP contribution in [-0.2, 0) is 5.60 Å². The van der Waals surface area contributed by atoms with E-state index in [-0.39, 0.29) is 23.1 Å². The number of aliphatic hydroxyl groups is 2. The first-order valence-electron chi connectivity index (χ1n) is 11.2. The molecule has 33 heavy (non-hydrogen) atoms. The van der Waals surface area contributed by atoms with E-state index in [0.29, 0.717) is 68.3 Å². The minimum atomic E-state index is -1.10. The SMILES string of the molecule is O=C(c1cccc(N2CC(O)C2)c1Cl)N1CCN2C[C@@](O)(c3ccc(F)c(Cl)c3)CC[C@@H]2C1. The highest BCUT2D eigenvalue weighted by molar-refractivity contribution is 6.36. The van der Waals surface area contributed by atoms with Crippen LogP contribution in [0, 0.1) is 5.82 Å². The van der Waals surface area contributed by atoms with Crippen molar-refractivity contribution >= 4 is 34.8 Å². The number of rotatable bonds is 3. The van der Waals surface area contributed by atoms with E-state index in [1.54, 1.807) is 12.1 Å². The van der Waals surface area contributed by atoms with Crippen molar-refractivity contribution in [2.75, 3.05) is 44.2 Å². The lowest BCUT2D eigenvalue weighted by molar-refractivity contribution is -0.0740. The van der Waals surface area contributed by atoms with Crippen molar-refractivity contribution < 1.29 is 19.4 Å². The van der Waals surface area contributed by atoms with E-state index < -0.39 is 11.4 Å². The largest absolute Gasteiger partial charge is 0.389 e. The number of amides is 1. The maximum atomic E-state index is 13.6. The van der Waals surface area contributed by atoms with E-state index in [4.69, 9.17) is 23.2 Å². The van der Waals surface area contributed by atoms with E-state index in [1.807, 2.05) is 21.9 Å². The Labute approximate surface area is 202 Å². The minimum Gasteiger partial charge on any atom is -0.389 e. The summed E-state index contributed by atoms with van der Waals surface area (Å²) < 4.78 is 13.6. The summed E-state index contributed by atoms with van der Waals surface area (Å²) >= 11 is 12.5. The van der Waals surface area contributed by atoms with Gasteiger partial charge in [0.15, 0.2) is 0 Å². The number of anilines is 1. The van der Waals surface area contributed by atoms with E-state index in [0.717, 1.165) is 5.69 Å². The van der Waals surface area contributed by atoms with Gasteiger partial charge in [-0.3, -0.25) is 9.69 Å². The Balaban J connectivity index is 1.28. The number of piperidine rings is 1. The first-order valence-corrected chi connectivity index (χ1v) is 11.9. The van der Waals surface area contributed by atoms with Crippen LogP contribution < -0.4 is 4.90 Å². The fourth-order valence-corrected chi connectivity index (χ4v) is 5.66. The zero-order valence-electron chi connectivity index (χ0n) is 18.1. The lowest BCUT2D eigenvalue weighted by atomic mass is 9.82. The van der Waals surface area contributed by atoms with Crippen molar-refractivity contribution in [3.63, 3.8) is 0 Å². The molecule has 3 saturated heterocycles. The van der Waals surface area contributed by atoms with E-state index in [1.165, 1.54) is 12.1 Å². The van der Waals surface area contributed by atoms with Crippen molar-refractivity contribution in [1.29, 1.82) is 0 Å².